The Hall–Kier alpha value is -3.18. The molecule has 0 aromatic heterocycles. The van der Waals surface area contributed by atoms with Crippen molar-refractivity contribution in [1.29, 1.82) is 0 Å². The lowest BCUT2D eigenvalue weighted by Crippen LogP contribution is -2.35. The molecule has 0 spiro atoms. The zero-order valence-electron chi connectivity index (χ0n) is 23.8. The van der Waals surface area contributed by atoms with Crippen LogP contribution in [0.2, 0.25) is 0 Å². The normalized spacial score (nSPS) is 23.1. The van der Waals surface area contributed by atoms with E-state index in [9.17, 15) is 18.4 Å². The van der Waals surface area contributed by atoms with E-state index in [0.29, 0.717) is 19.3 Å². The number of halogens is 2. The highest BCUT2D eigenvalue weighted by molar-refractivity contribution is 5.88. The van der Waals surface area contributed by atoms with E-state index in [1.54, 1.807) is 0 Å². The summed E-state index contributed by atoms with van der Waals surface area (Å²) in [5.74, 6) is -0.978. The van der Waals surface area contributed by atoms with E-state index >= 15 is 0 Å². The molecule has 8 nitrogen and oxygen atoms in total. The number of hydrogen-bond donors (Lipinski definition) is 2. The second kappa shape index (κ2) is 17.1. The molecule has 0 radical (unpaired) electrons. The van der Waals surface area contributed by atoms with Crippen LogP contribution in [0.1, 0.15) is 38.5 Å². The maximum atomic E-state index is 12.4. The first-order valence-electron chi connectivity index (χ1n) is 14.2. The number of rotatable bonds is 16. The molecule has 230 valence electrons. The number of carbonyl (C=O) groups is 2. The van der Waals surface area contributed by atoms with Crippen LogP contribution in [-0.2, 0) is 28.5 Å². The van der Waals surface area contributed by atoms with Gasteiger partial charge in [0.05, 0.1) is 49.8 Å². The van der Waals surface area contributed by atoms with Crippen LogP contribution in [0.3, 0.4) is 0 Å². The molecule has 1 fully saturated rings. The van der Waals surface area contributed by atoms with Gasteiger partial charge < -0.3 is 29.2 Å². The fraction of sp³-hybridized carbons (Fsp3) is 0.500. The van der Waals surface area contributed by atoms with Crippen molar-refractivity contribution >= 4 is 11.9 Å². The lowest BCUT2D eigenvalue weighted by atomic mass is 9.75. The maximum absolute atomic E-state index is 12.4. The van der Waals surface area contributed by atoms with Gasteiger partial charge in [-0.2, -0.15) is 8.78 Å². The predicted molar refractivity (Wildman–Crippen MR) is 152 cm³/mol. The molecule has 3 atom stereocenters. The summed E-state index contributed by atoms with van der Waals surface area (Å²) < 4.78 is 47.1. The molecular formula is C32H40F2O8. The smallest absolute Gasteiger partial charge is 0.335 e. The van der Waals surface area contributed by atoms with Gasteiger partial charge in [0.2, 0.25) is 0 Å². The van der Waals surface area contributed by atoms with Crippen LogP contribution < -0.4 is 0 Å². The van der Waals surface area contributed by atoms with Gasteiger partial charge in [-0.3, -0.25) is 0 Å². The molecule has 0 bridgehead atoms. The summed E-state index contributed by atoms with van der Waals surface area (Å²) in [7, 11) is 0. The van der Waals surface area contributed by atoms with Gasteiger partial charge in [0, 0.05) is 5.92 Å². The number of ether oxygens (including phenoxy) is 4. The van der Waals surface area contributed by atoms with Crippen LogP contribution >= 0.6 is 0 Å². The molecule has 10 heteroatoms. The van der Waals surface area contributed by atoms with E-state index in [4.69, 9.17) is 29.2 Å². The first-order chi connectivity index (χ1) is 20.2. The van der Waals surface area contributed by atoms with Gasteiger partial charge in [-0.25, -0.2) is 9.59 Å². The maximum Gasteiger partial charge on any atom is 0.335 e. The van der Waals surface area contributed by atoms with Crippen LogP contribution in [0.5, 0.6) is 0 Å². The lowest BCUT2D eigenvalue weighted by Gasteiger charge is -2.37. The first-order valence-corrected chi connectivity index (χ1v) is 14.2. The van der Waals surface area contributed by atoms with Crippen LogP contribution in [0, 0.1) is 11.8 Å². The van der Waals surface area contributed by atoms with Gasteiger partial charge >= 0.3 is 11.9 Å². The van der Waals surface area contributed by atoms with Crippen molar-refractivity contribution in [1.82, 2.24) is 0 Å². The Labute approximate surface area is 245 Å². The zero-order chi connectivity index (χ0) is 30.5. The second-order valence-electron chi connectivity index (χ2n) is 10.5. The number of aliphatic hydroxyl groups excluding tert-OH is 2. The van der Waals surface area contributed by atoms with Gasteiger partial charge in [-0.15, -0.1) is 0 Å². The molecule has 0 aromatic carbocycles. The Bertz CT molecular complexity index is 1100. The minimum Gasteiger partial charge on any atom is -0.460 e. The molecule has 0 amide bonds. The molecular weight excluding hydrogens is 550 g/mol. The summed E-state index contributed by atoms with van der Waals surface area (Å²) in [5.41, 5.74) is 3.37. The van der Waals surface area contributed by atoms with Crippen molar-refractivity contribution in [3.8, 4) is 0 Å². The monoisotopic (exact) mass is 590 g/mol. The Morgan fingerprint density at radius 1 is 0.881 bits per heavy atom. The van der Waals surface area contributed by atoms with Crippen molar-refractivity contribution in [3.63, 3.8) is 0 Å². The molecule has 3 aliphatic carbocycles. The van der Waals surface area contributed by atoms with E-state index in [1.807, 2.05) is 6.08 Å². The zero-order valence-corrected chi connectivity index (χ0v) is 23.8. The SMILES string of the molecule is C=C(CO)C(=O)OCCOC1CC(OCCOC(=O)C(=C)CO)CC(C2=CCC3C=C(CCC=C(F)F)C=CC3=C2)C1. The summed E-state index contributed by atoms with van der Waals surface area (Å²) >= 11 is 0. The summed E-state index contributed by atoms with van der Waals surface area (Å²) in [6.07, 6.45) is 13.4. The third kappa shape index (κ3) is 10.6. The Balaban J connectivity index is 1.59. The molecule has 3 aliphatic rings. The molecule has 0 saturated heterocycles. The molecule has 0 aromatic rings. The largest absolute Gasteiger partial charge is 0.460 e. The summed E-state index contributed by atoms with van der Waals surface area (Å²) in [4.78, 5) is 23.5. The fourth-order valence-corrected chi connectivity index (χ4v) is 5.20. The molecule has 42 heavy (non-hydrogen) atoms. The number of hydrogen-bond acceptors (Lipinski definition) is 8. The summed E-state index contributed by atoms with van der Waals surface area (Å²) in [6.45, 7) is 6.35. The molecule has 2 N–H and O–H groups in total. The molecule has 1 saturated carbocycles. The van der Waals surface area contributed by atoms with Crippen LogP contribution in [0.25, 0.3) is 0 Å². The van der Waals surface area contributed by atoms with E-state index in [-0.39, 0.29) is 61.6 Å². The molecule has 0 heterocycles. The van der Waals surface area contributed by atoms with E-state index in [0.717, 1.165) is 30.9 Å². The molecule has 3 rings (SSSR count). The minimum atomic E-state index is -1.65. The van der Waals surface area contributed by atoms with Crippen LogP contribution in [0.15, 0.2) is 83.6 Å². The molecule has 0 aliphatic heterocycles. The van der Waals surface area contributed by atoms with Crippen LogP contribution in [-0.4, -0.2) is 74.0 Å². The third-order valence-electron chi connectivity index (χ3n) is 7.40. The topological polar surface area (TPSA) is 112 Å². The number of fused-ring (bicyclic) bond motifs is 1. The highest BCUT2D eigenvalue weighted by Crippen LogP contribution is 2.39. The Kier molecular flexibility index (Phi) is 13.5. The van der Waals surface area contributed by atoms with Gasteiger partial charge in [0.25, 0.3) is 6.08 Å². The van der Waals surface area contributed by atoms with E-state index < -0.39 is 31.2 Å². The second-order valence-corrected chi connectivity index (χ2v) is 10.5. The highest BCUT2D eigenvalue weighted by Gasteiger charge is 2.33. The van der Waals surface area contributed by atoms with Gasteiger partial charge in [-0.1, -0.05) is 49.1 Å². The predicted octanol–water partition coefficient (Wildman–Crippen LogP) is 4.67. The number of allylic oxidation sites excluding steroid dienone is 9. The quantitative estimate of drug-likeness (QED) is 0.152. The van der Waals surface area contributed by atoms with E-state index in [1.165, 1.54) is 11.1 Å². The highest BCUT2D eigenvalue weighted by atomic mass is 19.3. The van der Waals surface area contributed by atoms with Crippen molar-refractivity contribution in [2.24, 2.45) is 11.8 Å². The summed E-state index contributed by atoms with van der Waals surface area (Å²) in [6, 6.07) is 0. The Morgan fingerprint density at radius 2 is 1.48 bits per heavy atom. The minimum absolute atomic E-state index is 0.0238. The number of aliphatic hydroxyl groups is 2. The average molecular weight is 591 g/mol. The number of esters is 2. The molecule has 3 unspecified atom stereocenters. The van der Waals surface area contributed by atoms with Crippen molar-refractivity contribution < 1.29 is 47.5 Å². The summed E-state index contributed by atoms with van der Waals surface area (Å²) in [5, 5.41) is 18.0. The average Bonchev–Trinajstić information content (AvgIpc) is 2.99. The number of carbonyl (C=O) groups excluding carboxylic acids is 2. The Morgan fingerprint density at radius 3 is 2.02 bits per heavy atom. The van der Waals surface area contributed by atoms with Crippen molar-refractivity contribution in [3.05, 3.63) is 83.6 Å². The van der Waals surface area contributed by atoms with Gasteiger partial charge in [-0.05, 0) is 61.7 Å². The first kappa shape index (κ1) is 33.3. The standard InChI is InChI=1S/C32H40F2O8/c1-21(19-35)31(37)41-12-10-39-28-16-27(17-29(18-28)40-11-13-42-32(38)22(2)20-36)26-9-8-24-14-23(4-3-5-30(33)34)6-7-25(24)15-26/h5-7,9,14-15,24,27-29,35-36H,1-4,8,10-13,16-20H2. The van der Waals surface area contributed by atoms with Crippen LogP contribution in [0.4, 0.5) is 8.78 Å². The third-order valence-corrected chi connectivity index (χ3v) is 7.40. The van der Waals surface area contributed by atoms with Gasteiger partial charge in [0.1, 0.15) is 13.2 Å². The fourth-order valence-electron chi connectivity index (χ4n) is 5.20. The lowest BCUT2D eigenvalue weighted by molar-refractivity contribution is -0.143. The van der Waals surface area contributed by atoms with E-state index in [2.05, 4.69) is 37.5 Å². The van der Waals surface area contributed by atoms with Crippen molar-refractivity contribution in [2.75, 3.05) is 39.6 Å². The van der Waals surface area contributed by atoms with Gasteiger partial charge in [0.15, 0.2) is 0 Å². The van der Waals surface area contributed by atoms with Crippen molar-refractivity contribution in [2.45, 2.75) is 50.7 Å².